The second kappa shape index (κ2) is 3.71. The average Bonchev–Trinajstić information content (AvgIpc) is 3.05. The molecule has 0 fully saturated rings. The highest BCUT2D eigenvalue weighted by atomic mass is 14.2. The molecule has 0 saturated heterocycles. The minimum Gasteiger partial charge on any atom is -0.0795 e. The Morgan fingerprint density at radius 1 is 0.833 bits per heavy atom. The van der Waals surface area contributed by atoms with E-state index in [1.807, 2.05) is 6.08 Å². The fourth-order valence-corrected chi connectivity index (χ4v) is 3.02. The van der Waals surface area contributed by atoms with Crippen LogP contribution >= 0.6 is 0 Å². The van der Waals surface area contributed by atoms with Crippen LogP contribution in [0.4, 0.5) is 0 Å². The van der Waals surface area contributed by atoms with Crippen molar-refractivity contribution in [2.75, 3.05) is 0 Å². The molecule has 2 aliphatic rings. The maximum atomic E-state index is 3.37. The summed E-state index contributed by atoms with van der Waals surface area (Å²) in [5, 5.41) is 0. The molecule has 2 aromatic carbocycles. The van der Waals surface area contributed by atoms with Gasteiger partial charge in [0.05, 0.1) is 0 Å². The highest BCUT2D eigenvalue weighted by Gasteiger charge is 2.21. The van der Waals surface area contributed by atoms with Gasteiger partial charge in [-0.3, -0.25) is 0 Å². The maximum Gasteiger partial charge on any atom is -0.000740 e. The fourth-order valence-electron chi connectivity index (χ4n) is 3.02. The molecule has 0 unspecified atom stereocenters. The molecular weight excluding hydrogens is 216 g/mol. The second-order valence-electron chi connectivity index (χ2n) is 4.89. The zero-order valence-corrected chi connectivity index (χ0v) is 10.1. The van der Waals surface area contributed by atoms with Gasteiger partial charge in [0.1, 0.15) is 0 Å². The van der Waals surface area contributed by atoms with Crippen LogP contribution in [-0.4, -0.2) is 0 Å². The molecule has 0 bridgehead atoms. The minimum absolute atomic E-state index is 1.02. The van der Waals surface area contributed by atoms with Gasteiger partial charge in [0, 0.05) is 0 Å². The van der Waals surface area contributed by atoms with Crippen LogP contribution in [0.15, 0.2) is 54.6 Å². The quantitative estimate of drug-likeness (QED) is 0.580. The molecule has 1 radical (unpaired) electrons. The van der Waals surface area contributed by atoms with Crippen molar-refractivity contribution >= 4 is 5.57 Å². The SMILES string of the molecule is [C]1=C(c2cccc3c2Cc2ccccc2-3)CC=C1. The Hall–Kier alpha value is -2.08. The van der Waals surface area contributed by atoms with Gasteiger partial charge >= 0.3 is 0 Å². The van der Waals surface area contributed by atoms with E-state index in [0.29, 0.717) is 0 Å². The third kappa shape index (κ3) is 1.32. The van der Waals surface area contributed by atoms with Crippen molar-refractivity contribution in [2.24, 2.45) is 0 Å². The summed E-state index contributed by atoms with van der Waals surface area (Å²) in [5.74, 6) is 0. The molecule has 2 aliphatic carbocycles. The lowest BCUT2D eigenvalue weighted by Gasteiger charge is -2.09. The molecule has 0 heterocycles. The van der Waals surface area contributed by atoms with Crippen molar-refractivity contribution in [1.29, 1.82) is 0 Å². The van der Waals surface area contributed by atoms with E-state index in [-0.39, 0.29) is 0 Å². The van der Waals surface area contributed by atoms with Gasteiger partial charge in [0.15, 0.2) is 0 Å². The van der Waals surface area contributed by atoms with E-state index in [1.165, 1.54) is 33.4 Å². The Bertz CT molecular complexity index is 687. The zero-order valence-electron chi connectivity index (χ0n) is 10.1. The standard InChI is InChI=1S/C18H13/c1-2-7-13(6-1)15-10-5-11-17-16-9-4-3-8-14(16)12-18(15)17/h1-5,8-11H,6,12H2. The van der Waals surface area contributed by atoms with Gasteiger partial charge in [-0.05, 0) is 52.3 Å². The molecule has 0 nitrogen and oxygen atoms in total. The summed E-state index contributed by atoms with van der Waals surface area (Å²) in [6.07, 6.45) is 9.66. The fraction of sp³-hybridized carbons (Fsp3) is 0.111. The normalized spacial score (nSPS) is 15.4. The van der Waals surface area contributed by atoms with E-state index in [9.17, 15) is 0 Å². The van der Waals surface area contributed by atoms with Crippen molar-refractivity contribution in [1.82, 2.24) is 0 Å². The van der Waals surface area contributed by atoms with Crippen LogP contribution in [0.25, 0.3) is 16.7 Å². The summed E-state index contributed by atoms with van der Waals surface area (Å²) in [7, 11) is 0. The van der Waals surface area contributed by atoms with E-state index in [0.717, 1.165) is 12.8 Å². The highest BCUT2D eigenvalue weighted by molar-refractivity contribution is 5.84. The lowest BCUT2D eigenvalue weighted by atomic mass is 9.95. The maximum absolute atomic E-state index is 3.37. The summed E-state index contributed by atoms with van der Waals surface area (Å²) in [4.78, 5) is 0. The molecule has 85 valence electrons. The molecule has 0 amide bonds. The first-order valence-electron chi connectivity index (χ1n) is 6.41. The molecule has 0 atom stereocenters. The first-order valence-corrected chi connectivity index (χ1v) is 6.41. The van der Waals surface area contributed by atoms with Gasteiger partial charge in [-0.2, -0.15) is 0 Å². The van der Waals surface area contributed by atoms with Crippen LogP contribution < -0.4 is 0 Å². The highest BCUT2D eigenvalue weighted by Crippen LogP contribution is 2.40. The Balaban J connectivity index is 1.92. The van der Waals surface area contributed by atoms with Gasteiger partial charge in [0.25, 0.3) is 0 Å². The average molecular weight is 229 g/mol. The predicted octanol–water partition coefficient (Wildman–Crippen LogP) is 4.40. The van der Waals surface area contributed by atoms with Crippen LogP contribution in [-0.2, 0) is 6.42 Å². The number of hydrogen-bond acceptors (Lipinski definition) is 0. The topological polar surface area (TPSA) is 0 Å². The van der Waals surface area contributed by atoms with Crippen molar-refractivity contribution in [3.05, 3.63) is 77.4 Å². The Kier molecular flexibility index (Phi) is 2.04. The van der Waals surface area contributed by atoms with E-state index >= 15 is 0 Å². The second-order valence-corrected chi connectivity index (χ2v) is 4.89. The van der Waals surface area contributed by atoms with E-state index in [1.54, 1.807) is 0 Å². The van der Waals surface area contributed by atoms with Crippen LogP contribution in [0.5, 0.6) is 0 Å². The summed E-state index contributed by atoms with van der Waals surface area (Å²) in [5.41, 5.74) is 8.45. The lowest BCUT2D eigenvalue weighted by molar-refractivity contribution is 1.24. The zero-order chi connectivity index (χ0) is 11.9. The molecule has 0 spiro atoms. The molecule has 4 rings (SSSR count). The third-order valence-electron chi connectivity index (χ3n) is 3.87. The summed E-state index contributed by atoms with van der Waals surface area (Å²) >= 11 is 0. The summed E-state index contributed by atoms with van der Waals surface area (Å²) < 4.78 is 0. The summed E-state index contributed by atoms with van der Waals surface area (Å²) in [6, 6.07) is 15.4. The number of allylic oxidation sites excluding steroid dienone is 4. The molecule has 0 saturated carbocycles. The molecule has 0 N–H and O–H groups in total. The molecule has 0 aromatic heterocycles. The van der Waals surface area contributed by atoms with Gasteiger partial charge in [0.2, 0.25) is 0 Å². The van der Waals surface area contributed by atoms with Crippen LogP contribution in [0.2, 0.25) is 0 Å². The first-order chi connectivity index (χ1) is 8.93. The number of fused-ring (bicyclic) bond motifs is 3. The van der Waals surface area contributed by atoms with Gasteiger partial charge in [-0.1, -0.05) is 54.6 Å². The van der Waals surface area contributed by atoms with Gasteiger partial charge < -0.3 is 0 Å². The number of benzene rings is 2. The van der Waals surface area contributed by atoms with E-state index in [4.69, 9.17) is 0 Å². The third-order valence-corrected chi connectivity index (χ3v) is 3.87. The van der Waals surface area contributed by atoms with Crippen molar-refractivity contribution in [2.45, 2.75) is 12.8 Å². The van der Waals surface area contributed by atoms with E-state index < -0.39 is 0 Å². The van der Waals surface area contributed by atoms with Crippen LogP contribution in [0.1, 0.15) is 23.1 Å². The molecule has 0 heteroatoms. The van der Waals surface area contributed by atoms with Crippen molar-refractivity contribution < 1.29 is 0 Å². The largest absolute Gasteiger partial charge is 0.0795 e. The van der Waals surface area contributed by atoms with Crippen LogP contribution in [0.3, 0.4) is 0 Å². The van der Waals surface area contributed by atoms with Gasteiger partial charge in [-0.15, -0.1) is 0 Å². The molecule has 0 aliphatic heterocycles. The number of hydrogen-bond donors (Lipinski definition) is 0. The Morgan fingerprint density at radius 2 is 1.67 bits per heavy atom. The summed E-state index contributed by atoms with van der Waals surface area (Å²) in [6.45, 7) is 0. The monoisotopic (exact) mass is 229 g/mol. The van der Waals surface area contributed by atoms with E-state index in [2.05, 4.69) is 54.6 Å². The predicted molar refractivity (Wildman–Crippen MR) is 75.1 cm³/mol. The smallest absolute Gasteiger partial charge is 0.000740 e. The van der Waals surface area contributed by atoms with Crippen molar-refractivity contribution in [3.8, 4) is 11.1 Å². The molecular formula is C18H13. The van der Waals surface area contributed by atoms with Gasteiger partial charge in [-0.25, -0.2) is 0 Å². The molecule has 18 heavy (non-hydrogen) atoms. The molecule has 2 aromatic rings. The Labute approximate surface area is 107 Å². The minimum atomic E-state index is 1.02. The first kappa shape index (κ1) is 9.90. The Morgan fingerprint density at radius 3 is 2.56 bits per heavy atom. The van der Waals surface area contributed by atoms with Crippen molar-refractivity contribution in [3.63, 3.8) is 0 Å². The number of rotatable bonds is 1. The van der Waals surface area contributed by atoms with Crippen LogP contribution in [0, 0.1) is 6.08 Å². The lowest BCUT2D eigenvalue weighted by Crippen LogP contribution is -1.90.